The smallest absolute Gasteiger partial charge is 0.234 e. The molecule has 3 nitrogen and oxygen atoms in total. The highest BCUT2D eigenvalue weighted by Gasteiger charge is 2.37. The predicted octanol–water partition coefficient (Wildman–Crippen LogP) is -0.438. The lowest BCUT2D eigenvalue weighted by atomic mass is 10.1. The van der Waals surface area contributed by atoms with E-state index < -0.39 is 17.6 Å². The molecule has 1 rings (SSSR count). The number of amides is 1. The molecule has 1 heterocycles. The molecule has 4 heteroatoms. The Morgan fingerprint density at radius 3 is 2.70 bits per heavy atom. The van der Waals surface area contributed by atoms with Crippen molar-refractivity contribution >= 4 is 5.91 Å². The Kier molecular flexibility index (Phi) is 1.64. The zero-order chi connectivity index (χ0) is 7.78. The zero-order valence-corrected chi connectivity index (χ0v) is 5.86. The summed E-state index contributed by atoms with van der Waals surface area (Å²) in [6.07, 6.45) is 0.197. The van der Waals surface area contributed by atoms with E-state index in [9.17, 15) is 9.18 Å². The molecule has 1 aliphatic heterocycles. The molecule has 58 valence electrons. The van der Waals surface area contributed by atoms with Gasteiger partial charge in [-0.05, 0) is 6.92 Å². The molecule has 0 aromatic heterocycles. The lowest BCUT2D eigenvalue weighted by Crippen LogP contribution is -2.36. The molecule has 1 fully saturated rings. The van der Waals surface area contributed by atoms with Gasteiger partial charge in [0, 0.05) is 13.0 Å². The van der Waals surface area contributed by atoms with E-state index in [1.807, 2.05) is 0 Å². The van der Waals surface area contributed by atoms with Crippen molar-refractivity contribution < 1.29 is 9.18 Å². The van der Waals surface area contributed by atoms with Gasteiger partial charge in [0.25, 0.3) is 0 Å². The van der Waals surface area contributed by atoms with Crippen molar-refractivity contribution in [2.45, 2.75) is 25.1 Å². The molecule has 0 saturated carbocycles. The zero-order valence-electron chi connectivity index (χ0n) is 5.86. The SMILES string of the molecule is CC1(F)CN[C@H](C(N)=O)C1. The second-order valence-corrected chi connectivity index (χ2v) is 2.95. The highest BCUT2D eigenvalue weighted by atomic mass is 19.1. The summed E-state index contributed by atoms with van der Waals surface area (Å²) in [5, 5.41) is 2.70. The van der Waals surface area contributed by atoms with E-state index in [4.69, 9.17) is 5.73 Å². The maximum absolute atomic E-state index is 13.0. The minimum absolute atomic E-state index is 0.197. The monoisotopic (exact) mass is 146 g/mol. The largest absolute Gasteiger partial charge is 0.368 e. The summed E-state index contributed by atoms with van der Waals surface area (Å²) < 4.78 is 13.0. The van der Waals surface area contributed by atoms with Crippen molar-refractivity contribution in [3.8, 4) is 0 Å². The molecule has 2 atom stereocenters. The summed E-state index contributed by atoms with van der Waals surface area (Å²) in [5.41, 5.74) is 3.69. The molecule has 0 spiro atoms. The van der Waals surface area contributed by atoms with Crippen LogP contribution >= 0.6 is 0 Å². The number of nitrogens with one attached hydrogen (secondary N) is 1. The first kappa shape index (κ1) is 7.47. The number of carbonyl (C=O) groups is 1. The van der Waals surface area contributed by atoms with Crippen molar-refractivity contribution in [2.75, 3.05) is 6.54 Å². The highest BCUT2D eigenvalue weighted by molar-refractivity contribution is 5.80. The highest BCUT2D eigenvalue weighted by Crippen LogP contribution is 2.22. The lowest BCUT2D eigenvalue weighted by Gasteiger charge is -2.08. The number of primary amides is 1. The number of hydrogen-bond acceptors (Lipinski definition) is 2. The van der Waals surface area contributed by atoms with Crippen LogP contribution in [0.4, 0.5) is 4.39 Å². The summed E-state index contributed by atoms with van der Waals surface area (Å²) >= 11 is 0. The molecule has 1 amide bonds. The molecule has 0 radical (unpaired) electrons. The van der Waals surface area contributed by atoms with E-state index in [0.29, 0.717) is 0 Å². The van der Waals surface area contributed by atoms with Crippen LogP contribution in [-0.4, -0.2) is 24.2 Å². The fourth-order valence-corrected chi connectivity index (χ4v) is 1.11. The van der Waals surface area contributed by atoms with Gasteiger partial charge in [-0.2, -0.15) is 0 Å². The summed E-state index contributed by atoms with van der Waals surface area (Å²) in [5.74, 6) is -0.471. The fraction of sp³-hybridized carbons (Fsp3) is 0.833. The number of alkyl halides is 1. The third kappa shape index (κ3) is 1.44. The molecule has 1 aliphatic rings. The van der Waals surface area contributed by atoms with Gasteiger partial charge in [-0.25, -0.2) is 4.39 Å². The minimum atomic E-state index is -1.26. The number of rotatable bonds is 1. The van der Waals surface area contributed by atoms with Crippen LogP contribution in [0.1, 0.15) is 13.3 Å². The molecular weight excluding hydrogens is 135 g/mol. The standard InChI is InChI=1S/C6H11FN2O/c1-6(7)2-4(5(8)10)9-3-6/h4,9H,2-3H2,1H3,(H2,8,10)/t4-,6?/m0/s1. The van der Waals surface area contributed by atoms with Gasteiger partial charge in [0.1, 0.15) is 5.67 Å². The van der Waals surface area contributed by atoms with Crippen LogP contribution in [-0.2, 0) is 4.79 Å². The van der Waals surface area contributed by atoms with Gasteiger partial charge in [-0.3, -0.25) is 4.79 Å². The quantitative estimate of drug-likeness (QED) is 0.527. The normalized spacial score (nSPS) is 40.0. The molecule has 0 bridgehead atoms. The Bertz CT molecular complexity index is 158. The van der Waals surface area contributed by atoms with Crippen molar-refractivity contribution in [3.05, 3.63) is 0 Å². The first-order chi connectivity index (χ1) is 4.51. The number of halogens is 1. The molecule has 0 aliphatic carbocycles. The van der Waals surface area contributed by atoms with Gasteiger partial charge >= 0.3 is 0 Å². The Balaban J connectivity index is 2.51. The number of hydrogen-bond donors (Lipinski definition) is 2. The second-order valence-electron chi connectivity index (χ2n) is 2.95. The van der Waals surface area contributed by atoms with E-state index in [-0.39, 0.29) is 13.0 Å². The maximum atomic E-state index is 13.0. The molecule has 10 heavy (non-hydrogen) atoms. The Morgan fingerprint density at radius 2 is 2.50 bits per heavy atom. The second kappa shape index (κ2) is 2.20. The summed E-state index contributed by atoms with van der Waals surface area (Å²) in [4.78, 5) is 10.5. The summed E-state index contributed by atoms with van der Waals surface area (Å²) in [6, 6.07) is -0.477. The fourth-order valence-electron chi connectivity index (χ4n) is 1.11. The van der Waals surface area contributed by atoms with Gasteiger partial charge in [-0.15, -0.1) is 0 Å². The van der Waals surface area contributed by atoms with E-state index in [0.717, 1.165) is 0 Å². The van der Waals surface area contributed by atoms with Crippen LogP contribution in [0.2, 0.25) is 0 Å². The predicted molar refractivity (Wildman–Crippen MR) is 35.1 cm³/mol. The molecular formula is C6H11FN2O. The Hall–Kier alpha value is -0.640. The first-order valence-electron chi connectivity index (χ1n) is 3.23. The van der Waals surface area contributed by atoms with Crippen LogP contribution < -0.4 is 11.1 Å². The van der Waals surface area contributed by atoms with E-state index in [2.05, 4.69) is 5.32 Å². The van der Waals surface area contributed by atoms with Crippen LogP contribution in [0.25, 0.3) is 0 Å². The van der Waals surface area contributed by atoms with Crippen molar-refractivity contribution in [1.82, 2.24) is 5.32 Å². The summed E-state index contributed by atoms with van der Waals surface area (Å²) in [7, 11) is 0. The van der Waals surface area contributed by atoms with Crippen LogP contribution in [0.5, 0.6) is 0 Å². The van der Waals surface area contributed by atoms with E-state index in [1.165, 1.54) is 6.92 Å². The van der Waals surface area contributed by atoms with Gasteiger partial charge in [0.05, 0.1) is 6.04 Å². The molecule has 0 aromatic carbocycles. The van der Waals surface area contributed by atoms with Crippen molar-refractivity contribution in [3.63, 3.8) is 0 Å². The number of carbonyl (C=O) groups excluding carboxylic acids is 1. The van der Waals surface area contributed by atoms with Crippen LogP contribution in [0.15, 0.2) is 0 Å². The molecule has 1 unspecified atom stereocenters. The Labute approximate surface area is 58.8 Å². The molecule has 0 aromatic rings. The average Bonchev–Trinajstić information content (AvgIpc) is 2.10. The van der Waals surface area contributed by atoms with Crippen molar-refractivity contribution in [1.29, 1.82) is 0 Å². The Morgan fingerprint density at radius 1 is 1.90 bits per heavy atom. The third-order valence-electron chi connectivity index (χ3n) is 1.69. The molecule has 3 N–H and O–H groups in total. The topological polar surface area (TPSA) is 55.1 Å². The maximum Gasteiger partial charge on any atom is 0.234 e. The summed E-state index contributed by atoms with van der Waals surface area (Å²) in [6.45, 7) is 1.68. The average molecular weight is 146 g/mol. The van der Waals surface area contributed by atoms with Gasteiger partial charge in [0.15, 0.2) is 0 Å². The first-order valence-corrected chi connectivity index (χ1v) is 3.23. The van der Waals surface area contributed by atoms with Gasteiger partial charge in [0.2, 0.25) is 5.91 Å². The minimum Gasteiger partial charge on any atom is -0.368 e. The lowest BCUT2D eigenvalue weighted by molar-refractivity contribution is -0.119. The van der Waals surface area contributed by atoms with Crippen LogP contribution in [0.3, 0.4) is 0 Å². The van der Waals surface area contributed by atoms with Gasteiger partial charge < -0.3 is 11.1 Å². The molecule has 1 saturated heterocycles. The van der Waals surface area contributed by atoms with E-state index >= 15 is 0 Å². The third-order valence-corrected chi connectivity index (χ3v) is 1.69. The van der Waals surface area contributed by atoms with Gasteiger partial charge in [-0.1, -0.05) is 0 Å². The van der Waals surface area contributed by atoms with Crippen molar-refractivity contribution in [2.24, 2.45) is 5.73 Å². The van der Waals surface area contributed by atoms with Crippen LogP contribution in [0, 0.1) is 0 Å². The number of nitrogens with two attached hydrogens (primary N) is 1. The van der Waals surface area contributed by atoms with E-state index in [1.54, 1.807) is 0 Å².